The van der Waals surface area contributed by atoms with Crippen molar-refractivity contribution in [2.24, 2.45) is 22.7 Å². The second-order valence-electron chi connectivity index (χ2n) is 8.09. The molecule has 20 heavy (non-hydrogen) atoms. The van der Waals surface area contributed by atoms with Crippen LogP contribution in [0, 0.1) is 22.7 Å². The number of hydrogen-bond donors (Lipinski definition) is 1. The molecule has 0 aliphatic heterocycles. The van der Waals surface area contributed by atoms with Gasteiger partial charge in [-0.15, -0.1) is 11.3 Å². The number of aliphatic hydroxyl groups excluding tert-OH is 1. The summed E-state index contributed by atoms with van der Waals surface area (Å²) in [6.45, 7) is 2.48. The highest BCUT2D eigenvalue weighted by molar-refractivity contribution is 9.10. The summed E-state index contributed by atoms with van der Waals surface area (Å²) in [5.74, 6) is 1.79. The van der Waals surface area contributed by atoms with Gasteiger partial charge >= 0.3 is 0 Å². The Hall–Kier alpha value is 0.140. The number of thiophene rings is 1. The van der Waals surface area contributed by atoms with Gasteiger partial charge < -0.3 is 5.11 Å². The maximum atomic E-state index is 11.0. The second-order valence-corrected chi connectivity index (χ2v) is 10.00. The molecule has 4 aliphatic carbocycles. The molecule has 1 nitrogen and oxygen atoms in total. The van der Waals surface area contributed by atoms with Crippen LogP contribution in [0.25, 0.3) is 0 Å². The lowest BCUT2D eigenvalue weighted by molar-refractivity contribution is -0.152. The van der Waals surface area contributed by atoms with E-state index in [2.05, 4.69) is 34.3 Å². The first-order valence-corrected chi connectivity index (χ1v) is 9.55. The van der Waals surface area contributed by atoms with E-state index in [0.717, 1.165) is 22.7 Å². The fourth-order valence-corrected chi connectivity index (χ4v) is 7.55. The quantitative estimate of drug-likeness (QED) is 0.807. The fraction of sp³-hybridized carbons (Fsp3) is 0.765. The smallest absolute Gasteiger partial charge is 0.0645 e. The summed E-state index contributed by atoms with van der Waals surface area (Å²) in [6.07, 6.45) is 8.82. The molecule has 4 fully saturated rings. The van der Waals surface area contributed by atoms with E-state index >= 15 is 0 Å². The number of aliphatic hydroxyl groups is 1. The Bertz CT molecular complexity index is 509. The third kappa shape index (κ3) is 2.21. The first-order valence-electron chi connectivity index (χ1n) is 7.87. The third-order valence-corrected chi connectivity index (χ3v) is 7.84. The van der Waals surface area contributed by atoms with E-state index in [9.17, 15) is 5.11 Å². The monoisotopic (exact) mass is 354 g/mol. The highest BCUT2D eigenvalue weighted by atomic mass is 79.9. The van der Waals surface area contributed by atoms with Crippen LogP contribution < -0.4 is 0 Å². The summed E-state index contributed by atoms with van der Waals surface area (Å²) < 4.78 is 1.15. The van der Waals surface area contributed by atoms with Gasteiger partial charge in [-0.1, -0.05) is 6.92 Å². The van der Waals surface area contributed by atoms with Gasteiger partial charge in [0.1, 0.15) is 0 Å². The van der Waals surface area contributed by atoms with Crippen LogP contribution in [0.2, 0.25) is 0 Å². The zero-order chi connectivity index (χ0) is 14.0. The van der Waals surface area contributed by atoms with E-state index in [-0.39, 0.29) is 11.5 Å². The Morgan fingerprint density at radius 1 is 1.35 bits per heavy atom. The van der Waals surface area contributed by atoms with Crippen LogP contribution in [-0.4, -0.2) is 11.2 Å². The first-order chi connectivity index (χ1) is 9.46. The van der Waals surface area contributed by atoms with Gasteiger partial charge in [0.05, 0.1) is 6.10 Å². The van der Waals surface area contributed by atoms with Crippen LogP contribution in [0.4, 0.5) is 0 Å². The summed E-state index contributed by atoms with van der Waals surface area (Å²) in [7, 11) is 0. The minimum atomic E-state index is -0.140. The summed E-state index contributed by atoms with van der Waals surface area (Å²) in [5.41, 5.74) is 0.760. The van der Waals surface area contributed by atoms with Gasteiger partial charge in [-0.25, -0.2) is 0 Å². The lowest BCUT2D eigenvalue weighted by Crippen LogP contribution is -2.55. The van der Waals surface area contributed by atoms with Crippen molar-refractivity contribution >= 4 is 27.3 Å². The van der Waals surface area contributed by atoms with Crippen LogP contribution in [0.3, 0.4) is 0 Å². The Labute approximate surface area is 133 Å². The Morgan fingerprint density at radius 2 is 2.05 bits per heavy atom. The summed E-state index contributed by atoms with van der Waals surface area (Å²) in [6, 6.07) is 2.18. The van der Waals surface area contributed by atoms with Gasteiger partial charge in [0.25, 0.3) is 0 Å². The number of hydrogen-bond acceptors (Lipinski definition) is 2. The van der Waals surface area contributed by atoms with E-state index in [1.807, 2.05) is 0 Å². The normalized spacial score (nSPS) is 44.0. The highest BCUT2D eigenvalue weighted by Crippen LogP contribution is 2.66. The number of halogens is 1. The summed E-state index contributed by atoms with van der Waals surface area (Å²) in [4.78, 5) is 1.32. The third-order valence-electron chi connectivity index (χ3n) is 6.12. The topological polar surface area (TPSA) is 20.2 Å². The molecule has 4 aliphatic rings. The zero-order valence-electron chi connectivity index (χ0n) is 12.1. The van der Waals surface area contributed by atoms with E-state index in [4.69, 9.17) is 0 Å². The van der Waals surface area contributed by atoms with Gasteiger partial charge in [0.2, 0.25) is 0 Å². The molecular weight excluding hydrogens is 332 g/mol. The molecule has 4 saturated carbocycles. The molecular formula is C17H23BrOS. The van der Waals surface area contributed by atoms with Crippen molar-refractivity contribution < 1.29 is 5.11 Å². The van der Waals surface area contributed by atoms with Crippen molar-refractivity contribution in [1.29, 1.82) is 0 Å². The Kier molecular flexibility index (Phi) is 3.15. The van der Waals surface area contributed by atoms with Crippen LogP contribution >= 0.6 is 27.3 Å². The van der Waals surface area contributed by atoms with E-state index in [1.54, 1.807) is 11.3 Å². The standard InChI is InChI=1S/C17H23BrOS/c1-16-5-11-2-12(6-16)8-17(7-11,10-16)15(19)4-14-3-13(18)9-20-14/h3,9,11-12,15,19H,2,4-8,10H2,1H3. The molecule has 4 bridgehead atoms. The molecule has 3 heteroatoms. The van der Waals surface area contributed by atoms with Gasteiger partial charge in [-0.3, -0.25) is 0 Å². The molecule has 1 heterocycles. The Balaban J connectivity index is 1.57. The average Bonchev–Trinajstić information content (AvgIpc) is 2.71. The van der Waals surface area contributed by atoms with Crippen LogP contribution in [-0.2, 0) is 6.42 Å². The van der Waals surface area contributed by atoms with E-state index < -0.39 is 0 Å². The molecule has 0 aromatic carbocycles. The lowest BCUT2D eigenvalue weighted by atomic mass is 9.43. The van der Waals surface area contributed by atoms with E-state index in [0.29, 0.717) is 5.41 Å². The minimum absolute atomic E-state index is 0.140. The number of rotatable bonds is 3. The predicted octanol–water partition coefficient (Wildman–Crippen LogP) is 5.02. The predicted molar refractivity (Wildman–Crippen MR) is 87.0 cm³/mol. The summed E-state index contributed by atoms with van der Waals surface area (Å²) >= 11 is 5.30. The molecule has 0 amide bonds. The second kappa shape index (κ2) is 4.57. The molecule has 0 radical (unpaired) electrons. The van der Waals surface area contributed by atoms with Crippen molar-refractivity contribution in [1.82, 2.24) is 0 Å². The lowest BCUT2D eigenvalue weighted by Gasteiger charge is -2.62. The molecule has 0 saturated heterocycles. The van der Waals surface area contributed by atoms with Gasteiger partial charge in [-0.2, -0.15) is 0 Å². The first kappa shape index (κ1) is 13.8. The molecule has 0 spiro atoms. The summed E-state index contributed by atoms with van der Waals surface area (Å²) in [5, 5.41) is 13.1. The Morgan fingerprint density at radius 3 is 2.60 bits per heavy atom. The van der Waals surface area contributed by atoms with Crippen LogP contribution in [0.15, 0.2) is 15.9 Å². The molecule has 3 atom stereocenters. The fourth-order valence-electron chi connectivity index (χ4n) is 6.06. The molecule has 5 rings (SSSR count). The molecule has 110 valence electrons. The maximum absolute atomic E-state index is 11.0. The van der Waals surface area contributed by atoms with Crippen LogP contribution in [0.1, 0.15) is 50.3 Å². The largest absolute Gasteiger partial charge is 0.392 e. The van der Waals surface area contributed by atoms with Crippen molar-refractivity contribution in [3.63, 3.8) is 0 Å². The van der Waals surface area contributed by atoms with Gasteiger partial charge in [-0.05, 0) is 83.2 Å². The van der Waals surface area contributed by atoms with Crippen molar-refractivity contribution in [3.8, 4) is 0 Å². The SMILES string of the molecule is CC12CC3CC(C1)CC(C(O)Cc1cc(Br)cs1)(C3)C2. The average molecular weight is 355 g/mol. The van der Waals surface area contributed by atoms with Crippen molar-refractivity contribution in [3.05, 3.63) is 20.8 Å². The molecule has 3 unspecified atom stereocenters. The van der Waals surface area contributed by atoms with Crippen LogP contribution in [0.5, 0.6) is 0 Å². The minimum Gasteiger partial charge on any atom is -0.392 e. The zero-order valence-corrected chi connectivity index (χ0v) is 14.5. The molecule has 1 N–H and O–H groups in total. The van der Waals surface area contributed by atoms with Gasteiger partial charge in [0, 0.05) is 21.2 Å². The highest BCUT2D eigenvalue weighted by Gasteiger charge is 2.58. The van der Waals surface area contributed by atoms with Gasteiger partial charge in [0.15, 0.2) is 0 Å². The van der Waals surface area contributed by atoms with Crippen molar-refractivity contribution in [2.75, 3.05) is 0 Å². The molecule has 1 aromatic heterocycles. The molecule has 1 aromatic rings. The van der Waals surface area contributed by atoms with Crippen molar-refractivity contribution in [2.45, 2.75) is 58.0 Å². The van der Waals surface area contributed by atoms with E-state index in [1.165, 1.54) is 43.4 Å². The maximum Gasteiger partial charge on any atom is 0.0645 e.